The predicted molar refractivity (Wildman–Crippen MR) is 69.6 cm³/mol. The van der Waals surface area contributed by atoms with Gasteiger partial charge in [0.25, 0.3) is 0 Å². The van der Waals surface area contributed by atoms with E-state index >= 15 is 0 Å². The molecule has 0 radical (unpaired) electrons. The molecule has 0 aliphatic carbocycles. The van der Waals surface area contributed by atoms with E-state index in [1.54, 1.807) is 0 Å². The highest BCUT2D eigenvalue weighted by molar-refractivity contribution is 7.90. The molecule has 0 unspecified atom stereocenters. The van der Waals surface area contributed by atoms with Gasteiger partial charge >= 0.3 is 0 Å². The van der Waals surface area contributed by atoms with Crippen LogP contribution in [0.4, 0.5) is 0 Å². The molecule has 0 aliphatic heterocycles. The summed E-state index contributed by atoms with van der Waals surface area (Å²) in [7, 11) is -0.870. The first-order valence-corrected chi connectivity index (χ1v) is 7.77. The third-order valence-corrected chi connectivity index (χ3v) is 3.14. The van der Waals surface area contributed by atoms with E-state index in [2.05, 4.69) is 31.0 Å². The van der Waals surface area contributed by atoms with Gasteiger partial charge in [-0.3, -0.25) is 0 Å². The zero-order chi connectivity index (χ0) is 12.8. The third-order valence-electron chi connectivity index (χ3n) is 2.22. The SMILES string of the molecule is CN(CCCNC(C)(C)C)CCS(C)(=O)=O. The largest absolute Gasteiger partial charge is 0.312 e. The van der Waals surface area contributed by atoms with Crippen molar-refractivity contribution in [3.05, 3.63) is 0 Å². The smallest absolute Gasteiger partial charge is 0.148 e. The maximum Gasteiger partial charge on any atom is 0.148 e. The standard InChI is InChI=1S/C11H26N2O2S/c1-11(2,3)12-7-6-8-13(4)9-10-16(5,14)15/h12H,6-10H2,1-5H3. The van der Waals surface area contributed by atoms with Crippen molar-refractivity contribution in [2.75, 3.05) is 38.7 Å². The van der Waals surface area contributed by atoms with E-state index in [9.17, 15) is 8.42 Å². The molecule has 0 aliphatic rings. The van der Waals surface area contributed by atoms with Gasteiger partial charge in [-0.25, -0.2) is 8.42 Å². The van der Waals surface area contributed by atoms with Crippen molar-refractivity contribution in [2.45, 2.75) is 32.7 Å². The van der Waals surface area contributed by atoms with E-state index in [4.69, 9.17) is 0 Å². The first-order chi connectivity index (χ1) is 7.10. The monoisotopic (exact) mass is 250 g/mol. The molecule has 98 valence electrons. The van der Waals surface area contributed by atoms with Crippen LogP contribution in [0, 0.1) is 0 Å². The predicted octanol–water partition coefficient (Wildman–Crippen LogP) is 0.741. The van der Waals surface area contributed by atoms with Gasteiger partial charge < -0.3 is 10.2 Å². The Balaban J connectivity index is 3.56. The van der Waals surface area contributed by atoms with Crippen LogP contribution in [0.3, 0.4) is 0 Å². The van der Waals surface area contributed by atoms with Gasteiger partial charge in [-0.1, -0.05) is 0 Å². The molecule has 0 rings (SSSR count). The van der Waals surface area contributed by atoms with Crippen LogP contribution in [0.2, 0.25) is 0 Å². The van der Waals surface area contributed by atoms with E-state index in [0.29, 0.717) is 6.54 Å². The highest BCUT2D eigenvalue weighted by Gasteiger charge is 2.08. The molecule has 0 aromatic heterocycles. The average Bonchev–Trinajstić information content (AvgIpc) is 2.06. The van der Waals surface area contributed by atoms with Crippen LogP contribution in [0.5, 0.6) is 0 Å². The van der Waals surface area contributed by atoms with Crippen molar-refractivity contribution >= 4 is 9.84 Å². The average molecular weight is 250 g/mol. The molecule has 0 aromatic carbocycles. The number of hydrogen-bond donors (Lipinski definition) is 1. The summed E-state index contributed by atoms with van der Waals surface area (Å²) in [6.07, 6.45) is 2.32. The molecular formula is C11H26N2O2S. The molecule has 16 heavy (non-hydrogen) atoms. The van der Waals surface area contributed by atoms with Gasteiger partial charge in [-0.15, -0.1) is 0 Å². The number of rotatable bonds is 7. The topological polar surface area (TPSA) is 49.4 Å². The molecule has 0 heterocycles. The Kier molecular flexibility index (Phi) is 6.51. The number of hydrogen-bond acceptors (Lipinski definition) is 4. The summed E-state index contributed by atoms with van der Waals surface area (Å²) in [5, 5.41) is 3.40. The van der Waals surface area contributed by atoms with E-state index in [1.807, 2.05) is 7.05 Å². The lowest BCUT2D eigenvalue weighted by Gasteiger charge is -2.22. The molecule has 5 heteroatoms. The van der Waals surface area contributed by atoms with Crippen molar-refractivity contribution in [3.8, 4) is 0 Å². The van der Waals surface area contributed by atoms with Gasteiger partial charge in [-0.05, 0) is 47.3 Å². The lowest BCUT2D eigenvalue weighted by Crippen LogP contribution is -2.37. The van der Waals surface area contributed by atoms with Crippen molar-refractivity contribution < 1.29 is 8.42 Å². The summed E-state index contributed by atoms with van der Waals surface area (Å²) in [6.45, 7) is 8.93. The molecule has 0 aromatic rings. The molecule has 1 N–H and O–H groups in total. The Hall–Kier alpha value is -0.130. The van der Waals surface area contributed by atoms with Gasteiger partial charge in [0.2, 0.25) is 0 Å². The highest BCUT2D eigenvalue weighted by Crippen LogP contribution is 1.98. The van der Waals surface area contributed by atoms with Crippen molar-refractivity contribution in [2.24, 2.45) is 0 Å². The van der Waals surface area contributed by atoms with Gasteiger partial charge in [0.15, 0.2) is 0 Å². The molecular weight excluding hydrogens is 224 g/mol. The van der Waals surface area contributed by atoms with Gasteiger partial charge in [0.05, 0.1) is 5.75 Å². The highest BCUT2D eigenvalue weighted by atomic mass is 32.2. The zero-order valence-corrected chi connectivity index (χ0v) is 12.0. The minimum absolute atomic E-state index is 0.158. The first-order valence-electron chi connectivity index (χ1n) is 5.71. The summed E-state index contributed by atoms with van der Waals surface area (Å²) in [5.41, 5.74) is 0.158. The summed E-state index contributed by atoms with van der Waals surface area (Å²) < 4.78 is 21.9. The van der Waals surface area contributed by atoms with Crippen LogP contribution < -0.4 is 5.32 Å². The Bertz CT molecular complexity index is 281. The fourth-order valence-corrected chi connectivity index (χ4v) is 1.89. The second-order valence-corrected chi connectivity index (χ2v) is 7.72. The van der Waals surface area contributed by atoms with Crippen molar-refractivity contribution in [1.82, 2.24) is 10.2 Å². The maximum atomic E-state index is 11.0. The Labute approximate surface area is 100 Å². The minimum atomic E-state index is -2.83. The van der Waals surface area contributed by atoms with Crippen molar-refractivity contribution in [3.63, 3.8) is 0 Å². The van der Waals surface area contributed by atoms with Crippen LogP contribution >= 0.6 is 0 Å². The summed E-state index contributed by atoms with van der Waals surface area (Å²) in [5.74, 6) is 0.246. The lowest BCUT2D eigenvalue weighted by atomic mass is 10.1. The van der Waals surface area contributed by atoms with Crippen LogP contribution in [0.15, 0.2) is 0 Å². The van der Waals surface area contributed by atoms with Crippen LogP contribution in [-0.2, 0) is 9.84 Å². The molecule has 0 atom stereocenters. The number of nitrogens with one attached hydrogen (secondary N) is 1. The second kappa shape index (κ2) is 6.57. The third kappa shape index (κ3) is 11.9. The fourth-order valence-electron chi connectivity index (χ4n) is 1.25. The molecule has 0 fully saturated rings. The molecule has 0 saturated heterocycles. The summed E-state index contributed by atoms with van der Waals surface area (Å²) in [4.78, 5) is 2.06. The van der Waals surface area contributed by atoms with E-state index in [0.717, 1.165) is 19.5 Å². The Morgan fingerprint density at radius 2 is 1.75 bits per heavy atom. The van der Waals surface area contributed by atoms with E-state index in [1.165, 1.54) is 6.26 Å². The summed E-state index contributed by atoms with van der Waals surface area (Å²) >= 11 is 0. The quantitative estimate of drug-likeness (QED) is 0.677. The Morgan fingerprint density at radius 1 is 1.19 bits per heavy atom. The first kappa shape index (κ1) is 15.9. The normalized spacial score (nSPS) is 13.4. The molecule has 0 saturated carbocycles. The van der Waals surface area contributed by atoms with Crippen LogP contribution in [-0.4, -0.2) is 57.5 Å². The molecule has 0 amide bonds. The van der Waals surface area contributed by atoms with Crippen LogP contribution in [0.1, 0.15) is 27.2 Å². The lowest BCUT2D eigenvalue weighted by molar-refractivity contribution is 0.331. The molecule has 4 nitrogen and oxygen atoms in total. The minimum Gasteiger partial charge on any atom is -0.312 e. The summed E-state index contributed by atoms with van der Waals surface area (Å²) in [6, 6.07) is 0. The molecule has 0 bridgehead atoms. The maximum absolute atomic E-state index is 11.0. The van der Waals surface area contributed by atoms with E-state index < -0.39 is 9.84 Å². The fraction of sp³-hybridized carbons (Fsp3) is 1.00. The second-order valence-electron chi connectivity index (χ2n) is 5.46. The zero-order valence-electron chi connectivity index (χ0n) is 11.2. The van der Waals surface area contributed by atoms with Gasteiger partial charge in [0.1, 0.15) is 9.84 Å². The van der Waals surface area contributed by atoms with Gasteiger partial charge in [-0.2, -0.15) is 0 Å². The Morgan fingerprint density at radius 3 is 2.19 bits per heavy atom. The number of nitrogens with zero attached hydrogens (tertiary/aromatic N) is 1. The molecule has 0 spiro atoms. The number of sulfone groups is 1. The van der Waals surface area contributed by atoms with Crippen molar-refractivity contribution in [1.29, 1.82) is 0 Å². The van der Waals surface area contributed by atoms with Crippen LogP contribution in [0.25, 0.3) is 0 Å². The van der Waals surface area contributed by atoms with Gasteiger partial charge in [0, 0.05) is 18.3 Å². The van der Waals surface area contributed by atoms with E-state index in [-0.39, 0.29) is 11.3 Å².